The quantitative estimate of drug-likeness (QED) is 0.200. The third-order valence-electron chi connectivity index (χ3n) is 8.31. The second-order valence-corrected chi connectivity index (χ2v) is 10.2. The fourth-order valence-corrected chi connectivity index (χ4v) is 6.49. The SMILES string of the molecule is COc1ccc([C@@H]2C=C3c4ccc5ccccc5c4OC(=O)[C@@H]3[C@H]3C(=O)N(c4ccccc4OC)C(=O)[C@H]32)cc1. The van der Waals surface area contributed by atoms with Crippen molar-refractivity contribution >= 4 is 39.8 Å². The highest BCUT2D eigenvalue weighted by molar-refractivity contribution is 6.25. The summed E-state index contributed by atoms with van der Waals surface area (Å²) in [5.74, 6) is -2.86. The Balaban J connectivity index is 1.44. The summed E-state index contributed by atoms with van der Waals surface area (Å²) >= 11 is 0. The highest BCUT2D eigenvalue weighted by Gasteiger charge is 2.60. The first-order chi connectivity index (χ1) is 19.5. The second kappa shape index (κ2) is 9.09. The van der Waals surface area contributed by atoms with Crippen molar-refractivity contribution in [3.63, 3.8) is 0 Å². The zero-order valence-corrected chi connectivity index (χ0v) is 21.9. The minimum atomic E-state index is -0.934. The minimum Gasteiger partial charge on any atom is -0.497 e. The number of anilines is 1. The van der Waals surface area contributed by atoms with E-state index in [9.17, 15) is 14.4 Å². The summed E-state index contributed by atoms with van der Waals surface area (Å²) in [4.78, 5) is 43.3. The number of hydrogen-bond donors (Lipinski definition) is 0. The molecule has 3 aliphatic rings. The van der Waals surface area contributed by atoms with E-state index in [1.807, 2.05) is 66.7 Å². The van der Waals surface area contributed by atoms with Crippen molar-refractivity contribution in [1.82, 2.24) is 0 Å². The number of imide groups is 1. The van der Waals surface area contributed by atoms with Gasteiger partial charge < -0.3 is 14.2 Å². The van der Waals surface area contributed by atoms with Crippen LogP contribution in [0.1, 0.15) is 17.0 Å². The minimum absolute atomic E-state index is 0.361. The van der Waals surface area contributed by atoms with Gasteiger partial charge in [-0.05, 0) is 40.8 Å². The Bertz CT molecular complexity index is 1740. The van der Waals surface area contributed by atoms with Crippen LogP contribution in [0.25, 0.3) is 16.3 Å². The van der Waals surface area contributed by atoms with E-state index in [4.69, 9.17) is 14.2 Å². The number of para-hydroxylation sites is 2. The molecule has 4 aromatic carbocycles. The summed E-state index contributed by atoms with van der Waals surface area (Å²) in [7, 11) is 3.09. The van der Waals surface area contributed by atoms with E-state index in [0.29, 0.717) is 28.5 Å². The zero-order valence-electron chi connectivity index (χ0n) is 21.9. The van der Waals surface area contributed by atoms with Gasteiger partial charge in [0, 0.05) is 16.9 Å². The van der Waals surface area contributed by atoms with Crippen molar-refractivity contribution in [3.05, 3.63) is 102 Å². The van der Waals surface area contributed by atoms with Gasteiger partial charge in [0.15, 0.2) is 0 Å². The molecular weight excluding hydrogens is 506 g/mol. The summed E-state index contributed by atoms with van der Waals surface area (Å²) in [5, 5.41) is 1.77. The fraction of sp³-hybridized carbons (Fsp3) is 0.182. The molecule has 1 aliphatic carbocycles. The van der Waals surface area contributed by atoms with Crippen LogP contribution in [0.3, 0.4) is 0 Å². The lowest BCUT2D eigenvalue weighted by Gasteiger charge is -2.38. The highest BCUT2D eigenvalue weighted by Crippen LogP contribution is 2.56. The van der Waals surface area contributed by atoms with Crippen molar-refractivity contribution in [2.45, 2.75) is 5.92 Å². The van der Waals surface area contributed by atoms with Gasteiger partial charge in [-0.1, -0.05) is 66.7 Å². The predicted octanol–water partition coefficient (Wildman–Crippen LogP) is 5.38. The molecule has 0 bridgehead atoms. The molecule has 1 fully saturated rings. The van der Waals surface area contributed by atoms with Gasteiger partial charge in [0.05, 0.1) is 37.7 Å². The van der Waals surface area contributed by atoms with Crippen LogP contribution in [-0.4, -0.2) is 32.0 Å². The highest BCUT2D eigenvalue weighted by atomic mass is 16.5. The van der Waals surface area contributed by atoms with Gasteiger partial charge in [-0.25, -0.2) is 4.90 Å². The number of fused-ring (bicyclic) bond motifs is 7. The molecule has 4 aromatic rings. The van der Waals surface area contributed by atoms with Gasteiger partial charge in [-0.3, -0.25) is 14.4 Å². The zero-order chi connectivity index (χ0) is 27.5. The molecule has 2 aliphatic heterocycles. The molecule has 2 heterocycles. The molecule has 0 radical (unpaired) electrons. The molecule has 7 nitrogen and oxygen atoms in total. The fourth-order valence-electron chi connectivity index (χ4n) is 6.49. The molecule has 198 valence electrons. The largest absolute Gasteiger partial charge is 0.497 e. The molecule has 1 saturated heterocycles. The Morgan fingerprint density at radius 2 is 1.48 bits per heavy atom. The van der Waals surface area contributed by atoms with Gasteiger partial charge in [-0.2, -0.15) is 0 Å². The number of amides is 2. The Morgan fingerprint density at radius 3 is 2.25 bits per heavy atom. The third kappa shape index (κ3) is 3.40. The standard InChI is InChI=1S/C33H25NO6/c1-38-20-14-11-19(12-15-20)23-17-24-22-16-13-18-7-3-4-8-21(18)30(22)40-33(37)28(24)29-27(23)31(35)34(32(29)36)25-9-5-6-10-26(25)39-2/h3-17,23,27-29H,1-2H3/t23-,27-,28-,29-/m0/s1. The van der Waals surface area contributed by atoms with Crippen LogP contribution in [0.4, 0.5) is 5.69 Å². The van der Waals surface area contributed by atoms with E-state index in [1.54, 1.807) is 31.4 Å². The van der Waals surface area contributed by atoms with Gasteiger partial charge in [0.2, 0.25) is 11.8 Å². The van der Waals surface area contributed by atoms with Crippen LogP contribution >= 0.6 is 0 Å². The normalized spacial score (nSPS) is 23.2. The first kappa shape index (κ1) is 24.2. The van der Waals surface area contributed by atoms with Gasteiger partial charge in [-0.15, -0.1) is 0 Å². The number of rotatable bonds is 4. The van der Waals surface area contributed by atoms with Gasteiger partial charge in [0.1, 0.15) is 17.2 Å². The molecule has 4 atom stereocenters. The number of carbonyl (C=O) groups is 3. The van der Waals surface area contributed by atoms with Crippen molar-refractivity contribution in [1.29, 1.82) is 0 Å². The van der Waals surface area contributed by atoms with Gasteiger partial charge in [0.25, 0.3) is 0 Å². The maximum Gasteiger partial charge on any atom is 0.319 e. The van der Waals surface area contributed by atoms with E-state index in [2.05, 4.69) is 0 Å². The summed E-state index contributed by atoms with van der Waals surface area (Å²) in [5.41, 5.74) is 2.68. The Kier molecular flexibility index (Phi) is 5.49. The van der Waals surface area contributed by atoms with E-state index >= 15 is 0 Å². The lowest BCUT2D eigenvalue weighted by Crippen LogP contribution is -2.42. The maximum atomic E-state index is 14.2. The number of nitrogens with zero attached hydrogens (tertiary/aromatic N) is 1. The first-order valence-electron chi connectivity index (χ1n) is 13.1. The van der Waals surface area contributed by atoms with Crippen LogP contribution in [0.5, 0.6) is 17.2 Å². The summed E-state index contributed by atoms with van der Waals surface area (Å²) in [6.07, 6.45) is 1.98. The van der Waals surface area contributed by atoms with Crippen LogP contribution in [0.15, 0.2) is 91.0 Å². The maximum absolute atomic E-state index is 14.2. The number of esters is 1. The number of ether oxygens (including phenoxy) is 3. The van der Waals surface area contributed by atoms with E-state index in [-0.39, 0.29) is 5.91 Å². The van der Waals surface area contributed by atoms with Crippen molar-refractivity contribution in [3.8, 4) is 17.2 Å². The summed E-state index contributed by atoms with van der Waals surface area (Å²) in [6, 6.07) is 26.1. The number of hydrogen-bond acceptors (Lipinski definition) is 6. The summed E-state index contributed by atoms with van der Waals surface area (Å²) < 4.78 is 16.8. The molecular formula is C33H25NO6. The number of methoxy groups -OCH3 is 2. The van der Waals surface area contributed by atoms with E-state index in [1.165, 1.54) is 12.0 Å². The van der Waals surface area contributed by atoms with Crippen molar-refractivity contribution in [2.75, 3.05) is 19.1 Å². The Labute approximate surface area is 230 Å². The average molecular weight is 532 g/mol. The summed E-state index contributed by atoms with van der Waals surface area (Å²) in [6.45, 7) is 0. The van der Waals surface area contributed by atoms with Crippen LogP contribution < -0.4 is 19.1 Å². The molecule has 0 unspecified atom stereocenters. The van der Waals surface area contributed by atoms with E-state index in [0.717, 1.165) is 21.9 Å². The molecule has 7 rings (SSSR count). The van der Waals surface area contributed by atoms with Crippen LogP contribution in [0, 0.1) is 17.8 Å². The lowest BCUT2D eigenvalue weighted by atomic mass is 9.64. The Hall–Kier alpha value is -4.91. The molecule has 0 spiro atoms. The monoisotopic (exact) mass is 531 g/mol. The molecule has 0 N–H and O–H groups in total. The molecule has 7 heteroatoms. The lowest BCUT2D eigenvalue weighted by molar-refractivity contribution is -0.142. The van der Waals surface area contributed by atoms with Crippen LogP contribution in [0.2, 0.25) is 0 Å². The third-order valence-corrected chi connectivity index (χ3v) is 8.31. The van der Waals surface area contributed by atoms with Crippen molar-refractivity contribution < 1.29 is 28.6 Å². The number of carbonyl (C=O) groups excluding carboxylic acids is 3. The Morgan fingerprint density at radius 1 is 0.750 bits per heavy atom. The van der Waals surface area contributed by atoms with Gasteiger partial charge >= 0.3 is 5.97 Å². The molecule has 40 heavy (non-hydrogen) atoms. The van der Waals surface area contributed by atoms with Crippen LogP contribution in [-0.2, 0) is 14.4 Å². The number of allylic oxidation sites excluding steroid dienone is 1. The smallest absolute Gasteiger partial charge is 0.319 e. The predicted molar refractivity (Wildman–Crippen MR) is 149 cm³/mol. The molecule has 2 amide bonds. The van der Waals surface area contributed by atoms with Crippen molar-refractivity contribution in [2.24, 2.45) is 17.8 Å². The topological polar surface area (TPSA) is 82.1 Å². The average Bonchev–Trinajstić information content (AvgIpc) is 3.26. The first-order valence-corrected chi connectivity index (χ1v) is 13.1. The molecule has 0 saturated carbocycles. The molecule has 0 aromatic heterocycles. The second-order valence-electron chi connectivity index (χ2n) is 10.2. The number of benzene rings is 4. The van der Waals surface area contributed by atoms with E-state index < -0.39 is 35.5 Å².